The SMILES string of the molecule is CCCCN[C@H](C)CC[C@H](C)Oc1ccccc1. The normalized spacial score (nSPS) is 14.2. The van der Waals surface area contributed by atoms with Crippen molar-refractivity contribution in [2.75, 3.05) is 6.54 Å². The van der Waals surface area contributed by atoms with E-state index in [0.29, 0.717) is 6.04 Å². The van der Waals surface area contributed by atoms with Gasteiger partial charge in [0.25, 0.3) is 0 Å². The van der Waals surface area contributed by atoms with Crippen molar-refractivity contribution >= 4 is 0 Å². The van der Waals surface area contributed by atoms with Gasteiger partial charge in [-0.2, -0.15) is 0 Å². The second-order valence-electron chi connectivity index (χ2n) is 5.03. The van der Waals surface area contributed by atoms with Crippen LogP contribution in [-0.2, 0) is 0 Å². The van der Waals surface area contributed by atoms with Crippen LogP contribution < -0.4 is 10.1 Å². The third-order valence-corrected chi connectivity index (χ3v) is 3.11. The second-order valence-corrected chi connectivity index (χ2v) is 5.03. The van der Waals surface area contributed by atoms with E-state index in [-0.39, 0.29) is 6.10 Å². The van der Waals surface area contributed by atoms with E-state index >= 15 is 0 Å². The van der Waals surface area contributed by atoms with Crippen LogP contribution >= 0.6 is 0 Å². The van der Waals surface area contributed by atoms with Gasteiger partial charge in [0.1, 0.15) is 5.75 Å². The molecule has 0 aliphatic heterocycles. The molecule has 0 fully saturated rings. The zero-order valence-electron chi connectivity index (χ0n) is 12.0. The number of unbranched alkanes of at least 4 members (excludes halogenated alkanes) is 1. The largest absolute Gasteiger partial charge is 0.491 e. The Bertz CT molecular complexity index is 299. The van der Waals surface area contributed by atoms with E-state index in [0.717, 1.165) is 25.1 Å². The fourth-order valence-electron chi connectivity index (χ4n) is 1.90. The molecule has 0 aromatic heterocycles. The summed E-state index contributed by atoms with van der Waals surface area (Å²) in [7, 11) is 0. The van der Waals surface area contributed by atoms with E-state index in [1.54, 1.807) is 0 Å². The number of para-hydroxylation sites is 1. The molecule has 2 atom stereocenters. The quantitative estimate of drug-likeness (QED) is 0.668. The minimum atomic E-state index is 0.280. The number of ether oxygens (including phenoxy) is 1. The highest BCUT2D eigenvalue weighted by Gasteiger charge is 2.07. The molecule has 0 aliphatic rings. The van der Waals surface area contributed by atoms with Crippen molar-refractivity contribution < 1.29 is 4.74 Å². The van der Waals surface area contributed by atoms with Crippen LogP contribution in [0.25, 0.3) is 0 Å². The van der Waals surface area contributed by atoms with Crippen molar-refractivity contribution in [1.82, 2.24) is 5.32 Å². The Morgan fingerprint density at radius 3 is 2.50 bits per heavy atom. The van der Waals surface area contributed by atoms with E-state index in [4.69, 9.17) is 4.74 Å². The van der Waals surface area contributed by atoms with Crippen molar-refractivity contribution in [3.8, 4) is 5.75 Å². The Kier molecular flexibility index (Phi) is 7.51. The van der Waals surface area contributed by atoms with Gasteiger partial charge in [-0.05, 0) is 51.8 Å². The molecule has 1 rings (SSSR count). The number of benzene rings is 1. The van der Waals surface area contributed by atoms with Crippen molar-refractivity contribution in [2.45, 2.75) is 58.6 Å². The van der Waals surface area contributed by atoms with Crippen LogP contribution in [0, 0.1) is 0 Å². The fourth-order valence-corrected chi connectivity index (χ4v) is 1.90. The molecule has 0 unspecified atom stereocenters. The molecule has 0 heterocycles. The summed E-state index contributed by atoms with van der Waals surface area (Å²) in [5, 5.41) is 3.55. The van der Waals surface area contributed by atoms with Gasteiger partial charge in [0.2, 0.25) is 0 Å². The second kappa shape index (κ2) is 8.98. The lowest BCUT2D eigenvalue weighted by Gasteiger charge is -2.18. The van der Waals surface area contributed by atoms with Gasteiger partial charge in [0, 0.05) is 6.04 Å². The first-order valence-corrected chi connectivity index (χ1v) is 7.17. The summed E-state index contributed by atoms with van der Waals surface area (Å²) in [6.45, 7) is 7.75. The predicted octanol–water partition coefficient (Wildman–Crippen LogP) is 4.01. The minimum absolute atomic E-state index is 0.280. The van der Waals surface area contributed by atoms with Crippen molar-refractivity contribution in [3.63, 3.8) is 0 Å². The molecule has 0 aliphatic carbocycles. The molecular formula is C16H27NO. The Morgan fingerprint density at radius 1 is 1.11 bits per heavy atom. The van der Waals surface area contributed by atoms with Gasteiger partial charge in [-0.15, -0.1) is 0 Å². The first-order chi connectivity index (χ1) is 8.72. The van der Waals surface area contributed by atoms with Gasteiger partial charge in [-0.25, -0.2) is 0 Å². The molecular weight excluding hydrogens is 222 g/mol. The maximum atomic E-state index is 5.86. The molecule has 18 heavy (non-hydrogen) atoms. The number of nitrogens with one attached hydrogen (secondary N) is 1. The van der Waals surface area contributed by atoms with Gasteiger partial charge in [0.15, 0.2) is 0 Å². The van der Waals surface area contributed by atoms with Gasteiger partial charge < -0.3 is 10.1 Å². The molecule has 1 aromatic rings. The van der Waals surface area contributed by atoms with Crippen LogP contribution in [-0.4, -0.2) is 18.7 Å². The molecule has 0 amide bonds. The molecule has 2 nitrogen and oxygen atoms in total. The maximum absolute atomic E-state index is 5.86. The van der Waals surface area contributed by atoms with Crippen LogP contribution in [0.3, 0.4) is 0 Å². The Labute approximate surface area is 112 Å². The molecule has 0 saturated heterocycles. The summed E-state index contributed by atoms with van der Waals surface area (Å²) in [4.78, 5) is 0. The van der Waals surface area contributed by atoms with Crippen LogP contribution in [0.5, 0.6) is 5.75 Å². The summed E-state index contributed by atoms with van der Waals surface area (Å²) in [5.41, 5.74) is 0. The number of hydrogen-bond acceptors (Lipinski definition) is 2. The summed E-state index contributed by atoms with van der Waals surface area (Å²) < 4.78 is 5.86. The Morgan fingerprint density at radius 2 is 1.83 bits per heavy atom. The van der Waals surface area contributed by atoms with E-state index in [1.165, 1.54) is 12.8 Å². The van der Waals surface area contributed by atoms with E-state index in [1.807, 2.05) is 30.3 Å². The Balaban J connectivity index is 2.14. The first-order valence-electron chi connectivity index (χ1n) is 7.17. The fraction of sp³-hybridized carbons (Fsp3) is 0.625. The smallest absolute Gasteiger partial charge is 0.119 e. The van der Waals surface area contributed by atoms with Crippen LogP contribution in [0.4, 0.5) is 0 Å². The molecule has 0 radical (unpaired) electrons. The lowest BCUT2D eigenvalue weighted by Crippen LogP contribution is -2.28. The highest BCUT2D eigenvalue weighted by Crippen LogP contribution is 2.13. The van der Waals surface area contributed by atoms with Gasteiger partial charge >= 0.3 is 0 Å². The third-order valence-electron chi connectivity index (χ3n) is 3.11. The summed E-state index contributed by atoms with van der Waals surface area (Å²) in [6, 6.07) is 10.6. The average Bonchev–Trinajstić information content (AvgIpc) is 2.38. The van der Waals surface area contributed by atoms with Crippen molar-refractivity contribution in [1.29, 1.82) is 0 Å². The zero-order valence-corrected chi connectivity index (χ0v) is 12.0. The van der Waals surface area contributed by atoms with Crippen molar-refractivity contribution in [3.05, 3.63) is 30.3 Å². The van der Waals surface area contributed by atoms with Gasteiger partial charge in [-0.1, -0.05) is 31.5 Å². The first kappa shape index (κ1) is 15.0. The molecule has 0 spiro atoms. The lowest BCUT2D eigenvalue weighted by molar-refractivity contribution is 0.202. The summed E-state index contributed by atoms with van der Waals surface area (Å²) in [5.74, 6) is 0.969. The molecule has 102 valence electrons. The van der Waals surface area contributed by atoms with Crippen molar-refractivity contribution in [2.24, 2.45) is 0 Å². The average molecular weight is 249 g/mol. The summed E-state index contributed by atoms with van der Waals surface area (Å²) in [6.07, 6.45) is 5.06. The number of hydrogen-bond donors (Lipinski definition) is 1. The molecule has 2 heteroatoms. The third kappa shape index (κ3) is 6.65. The predicted molar refractivity (Wildman–Crippen MR) is 78.1 cm³/mol. The van der Waals surface area contributed by atoms with E-state index in [9.17, 15) is 0 Å². The molecule has 0 saturated carbocycles. The molecule has 0 bridgehead atoms. The number of rotatable bonds is 9. The minimum Gasteiger partial charge on any atom is -0.491 e. The molecule has 1 aromatic carbocycles. The maximum Gasteiger partial charge on any atom is 0.119 e. The Hall–Kier alpha value is -1.02. The van der Waals surface area contributed by atoms with Crippen LogP contribution in [0.2, 0.25) is 0 Å². The topological polar surface area (TPSA) is 21.3 Å². The lowest BCUT2D eigenvalue weighted by atomic mass is 10.1. The van der Waals surface area contributed by atoms with E-state index in [2.05, 4.69) is 26.1 Å². The highest BCUT2D eigenvalue weighted by molar-refractivity contribution is 5.21. The zero-order chi connectivity index (χ0) is 13.2. The van der Waals surface area contributed by atoms with Gasteiger partial charge in [-0.3, -0.25) is 0 Å². The monoisotopic (exact) mass is 249 g/mol. The van der Waals surface area contributed by atoms with E-state index < -0.39 is 0 Å². The highest BCUT2D eigenvalue weighted by atomic mass is 16.5. The van der Waals surface area contributed by atoms with Gasteiger partial charge in [0.05, 0.1) is 6.10 Å². The standard InChI is InChI=1S/C16H27NO/c1-4-5-13-17-14(2)11-12-15(3)18-16-9-7-6-8-10-16/h6-10,14-15,17H,4-5,11-13H2,1-3H3/t14-,15+/m1/s1. The van der Waals surface area contributed by atoms with Crippen LogP contribution in [0.15, 0.2) is 30.3 Å². The summed E-state index contributed by atoms with van der Waals surface area (Å²) >= 11 is 0. The van der Waals surface area contributed by atoms with Crippen LogP contribution in [0.1, 0.15) is 46.5 Å². The molecule has 1 N–H and O–H groups in total.